The van der Waals surface area contributed by atoms with E-state index < -0.39 is 5.97 Å². The van der Waals surface area contributed by atoms with Crippen molar-refractivity contribution in [2.24, 2.45) is 5.41 Å². The summed E-state index contributed by atoms with van der Waals surface area (Å²) in [6, 6.07) is 14.8. The van der Waals surface area contributed by atoms with Crippen molar-refractivity contribution in [1.29, 1.82) is 0 Å². The van der Waals surface area contributed by atoms with Crippen LogP contribution in [-0.4, -0.2) is 67.9 Å². The van der Waals surface area contributed by atoms with Crippen molar-refractivity contribution in [1.82, 2.24) is 24.6 Å². The molecule has 0 bridgehead atoms. The average molecular weight is 462 g/mol. The number of carboxylic acids is 1. The highest BCUT2D eigenvalue weighted by Crippen LogP contribution is 2.41. The molecule has 2 aromatic heterocycles. The maximum Gasteiger partial charge on any atom is 0.356 e. The summed E-state index contributed by atoms with van der Waals surface area (Å²) in [6.07, 6.45) is 6.11. The summed E-state index contributed by atoms with van der Waals surface area (Å²) in [7, 11) is 0. The summed E-state index contributed by atoms with van der Waals surface area (Å²) in [6.45, 7) is 4.20. The van der Waals surface area contributed by atoms with Crippen LogP contribution in [-0.2, 0) is 6.54 Å². The quantitative estimate of drug-likeness (QED) is 0.618. The van der Waals surface area contributed by atoms with E-state index in [1.54, 1.807) is 11.1 Å². The molecular formula is C25H27N5O4. The Kier molecular flexibility index (Phi) is 6.02. The Bertz CT molecular complexity index is 1170. The van der Waals surface area contributed by atoms with Gasteiger partial charge >= 0.3 is 12.0 Å². The van der Waals surface area contributed by atoms with Crippen molar-refractivity contribution in [2.45, 2.75) is 25.8 Å². The second kappa shape index (κ2) is 9.26. The predicted molar refractivity (Wildman–Crippen MR) is 124 cm³/mol. The first-order valence-electron chi connectivity index (χ1n) is 11.5. The molecule has 0 unspecified atom stereocenters. The van der Waals surface area contributed by atoms with Crippen LogP contribution in [0.5, 0.6) is 11.6 Å². The van der Waals surface area contributed by atoms with Crippen molar-refractivity contribution < 1.29 is 19.4 Å². The normalized spacial score (nSPS) is 17.7. The molecule has 2 fully saturated rings. The van der Waals surface area contributed by atoms with E-state index in [1.807, 2.05) is 30.3 Å². The van der Waals surface area contributed by atoms with E-state index in [2.05, 4.69) is 27.1 Å². The van der Waals surface area contributed by atoms with E-state index >= 15 is 0 Å². The number of hydrogen-bond donors (Lipinski definition) is 1. The zero-order chi connectivity index (χ0) is 23.5. The van der Waals surface area contributed by atoms with Gasteiger partial charge in [-0.25, -0.2) is 14.6 Å². The second-order valence-corrected chi connectivity index (χ2v) is 9.10. The molecule has 0 saturated carbocycles. The third-order valence-electron chi connectivity index (χ3n) is 6.78. The Morgan fingerprint density at radius 2 is 1.85 bits per heavy atom. The lowest BCUT2D eigenvalue weighted by molar-refractivity contribution is 0.0689. The summed E-state index contributed by atoms with van der Waals surface area (Å²) >= 11 is 0. The van der Waals surface area contributed by atoms with Gasteiger partial charge in [0, 0.05) is 44.6 Å². The van der Waals surface area contributed by atoms with Crippen LogP contribution in [0.25, 0.3) is 0 Å². The van der Waals surface area contributed by atoms with E-state index in [0.717, 1.165) is 49.3 Å². The zero-order valence-corrected chi connectivity index (χ0v) is 18.8. The van der Waals surface area contributed by atoms with Crippen molar-refractivity contribution in [3.63, 3.8) is 0 Å². The number of carbonyl (C=O) groups is 2. The molecule has 3 aromatic rings. The molecule has 1 amide bonds. The Labute approximate surface area is 197 Å². The summed E-state index contributed by atoms with van der Waals surface area (Å²) < 4.78 is 7.00. The third-order valence-corrected chi connectivity index (χ3v) is 6.78. The first-order valence-corrected chi connectivity index (χ1v) is 11.5. The van der Waals surface area contributed by atoms with E-state index in [0.29, 0.717) is 19.0 Å². The van der Waals surface area contributed by atoms with E-state index in [4.69, 9.17) is 9.84 Å². The Morgan fingerprint density at radius 3 is 2.59 bits per heavy atom. The number of aromatic nitrogens is 3. The highest BCUT2D eigenvalue weighted by atomic mass is 16.5. The Hall–Kier alpha value is -3.72. The standard InChI is InChI=1S/C25H27N5O4/c31-23(32)21-7-12-30(27-21)24(33)29-14-9-25(10-15-29)8-13-28(18-25)17-19-4-3-5-20(16-19)34-22-6-1-2-11-26-22/h1-7,11-12,16H,8-10,13-15,17-18H2,(H,31,32). The third kappa shape index (κ3) is 4.79. The molecule has 9 heteroatoms. The van der Waals surface area contributed by atoms with Gasteiger partial charge in [0.05, 0.1) is 0 Å². The van der Waals surface area contributed by atoms with Gasteiger partial charge in [-0.05, 0) is 61.1 Å². The minimum atomic E-state index is -1.14. The van der Waals surface area contributed by atoms with E-state index in [1.165, 1.54) is 17.8 Å². The molecule has 34 heavy (non-hydrogen) atoms. The van der Waals surface area contributed by atoms with Crippen LogP contribution in [0.15, 0.2) is 60.9 Å². The monoisotopic (exact) mass is 461 g/mol. The van der Waals surface area contributed by atoms with E-state index in [9.17, 15) is 9.59 Å². The molecule has 5 rings (SSSR count). The van der Waals surface area contributed by atoms with Crippen LogP contribution in [0.4, 0.5) is 4.79 Å². The summed E-state index contributed by atoms with van der Waals surface area (Å²) in [5.74, 6) is 0.223. The van der Waals surface area contributed by atoms with Gasteiger partial charge in [0.25, 0.3) is 0 Å². The minimum absolute atomic E-state index is 0.122. The topological polar surface area (TPSA) is 101 Å². The lowest BCUT2D eigenvalue weighted by atomic mass is 9.78. The van der Waals surface area contributed by atoms with Crippen LogP contribution in [0.3, 0.4) is 0 Å². The molecule has 1 N–H and O–H groups in total. The van der Waals surface area contributed by atoms with Crippen LogP contribution in [0.2, 0.25) is 0 Å². The fourth-order valence-corrected chi connectivity index (χ4v) is 4.93. The summed E-state index contributed by atoms with van der Waals surface area (Å²) in [5.41, 5.74) is 1.30. The molecule has 0 atom stereocenters. The maximum absolute atomic E-state index is 12.7. The number of hydrogen-bond acceptors (Lipinski definition) is 6. The average Bonchev–Trinajstić information content (AvgIpc) is 3.48. The molecule has 2 saturated heterocycles. The van der Waals surface area contributed by atoms with Crippen LogP contribution >= 0.6 is 0 Å². The van der Waals surface area contributed by atoms with Crippen LogP contribution in [0, 0.1) is 5.41 Å². The summed E-state index contributed by atoms with van der Waals surface area (Å²) in [4.78, 5) is 32.2. The lowest BCUT2D eigenvalue weighted by Crippen LogP contribution is -2.45. The Balaban J connectivity index is 1.15. The van der Waals surface area contributed by atoms with Gasteiger partial charge in [0.1, 0.15) is 5.75 Å². The van der Waals surface area contributed by atoms with Crippen molar-refractivity contribution in [3.8, 4) is 11.6 Å². The molecule has 0 aliphatic carbocycles. The maximum atomic E-state index is 12.7. The lowest BCUT2D eigenvalue weighted by Gasteiger charge is -2.39. The molecule has 4 heterocycles. The number of nitrogens with zero attached hydrogens (tertiary/aromatic N) is 5. The highest BCUT2D eigenvalue weighted by molar-refractivity contribution is 5.86. The first kappa shape index (κ1) is 22.1. The van der Waals surface area contributed by atoms with Gasteiger partial charge in [0.2, 0.25) is 5.88 Å². The van der Waals surface area contributed by atoms with Gasteiger partial charge in [-0.2, -0.15) is 9.78 Å². The molecular weight excluding hydrogens is 434 g/mol. The largest absolute Gasteiger partial charge is 0.476 e. The minimum Gasteiger partial charge on any atom is -0.476 e. The van der Waals surface area contributed by atoms with Crippen molar-refractivity contribution in [2.75, 3.05) is 26.2 Å². The molecule has 0 radical (unpaired) electrons. The van der Waals surface area contributed by atoms with Crippen LogP contribution in [0.1, 0.15) is 35.3 Å². The van der Waals surface area contributed by atoms with E-state index in [-0.39, 0.29) is 17.1 Å². The Morgan fingerprint density at radius 1 is 1.03 bits per heavy atom. The van der Waals surface area contributed by atoms with Gasteiger partial charge in [0.15, 0.2) is 5.69 Å². The number of aromatic carboxylic acids is 1. The number of ether oxygens (including phenoxy) is 1. The van der Waals surface area contributed by atoms with Crippen LogP contribution < -0.4 is 4.74 Å². The number of pyridine rings is 1. The van der Waals surface area contributed by atoms with Gasteiger partial charge in [-0.15, -0.1) is 0 Å². The molecule has 2 aliphatic heterocycles. The van der Waals surface area contributed by atoms with Gasteiger partial charge in [-0.1, -0.05) is 18.2 Å². The number of rotatable bonds is 5. The zero-order valence-electron chi connectivity index (χ0n) is 18.8. The molecule has 1 aromatic carbocycles. The molecule has 2 aliphatic rings. The van der Waals surface area contributed by atoms with Crippen molar-refractivity contribution in [3.05, 3.63) is 72.2 Å². The van der Waals surface area contributed by atoms with Crippen molar-refractivity contribution >= 4 is 12.0 Å². The SMILES string of the molecule is O=C(O)c1ccn(C(=O)N2CCC3(CCN(Cc4cccc(Oc5ccccn5)c4)C3)CC2)n1. The smallest absolute Gasteiger partial charge is 0.356 e. The number of likely N-dealkylation sites (tertiary alicyclic amines) is 2. The number of benzene rings is 1. The number of carbonyl (C=O) groups excluding carboxylic acids is 1. The first-order chi connectivity index (χ1) is 16.5. The number of carboxylic acid groups (broad SMARTS) is 1. The number of piperidine rings is 1. The fraction of sp³-hybridized carbons (Fsp3) is 0.360. The molecule has 1 spiro atoms. The molecule has 176 valence electrons. The van der Waals surface area contributed by atoms with Gasteiger partial charge in [-0.3, -0.25) is 4.90 Å². The van der Waals surface area contributed by atoms with Gasteiger partial charge < -0.3 is 14.7 Å². The summed E-state index contributed by atoms with van der Waals surface area (Å²) in [5, 5.41) is 12.9. The fourth-order valence-electron chi connectivity index (χ4n) is 4.93. The highest BCUT2D eigenvalue weighted by Gasteiger charge is 2.41. The second-order valence-electron chi connectivity index (χ2n) is 9.10. The molecule has 9 nitrogen and oxygen atoms in total. The number of amides is 1. The predicted octanol–water partition coefficient (Wildman–Crippen LogP) is 3.72.